The lowest BCUT2D eigenvalue weighted by Crippen LogP contribution is -2.59. The molecule has 1 saturated carbocycles. The van der Waals surface area contributed by atoms with Crippen molar-refractivity contribution in [1.82, 2.24) is 5.32 Å². The van der Waals surface area contributed by atoms with E-state index in [1.54, 1.807) is 7.11 Å². The minimum Gasteiger partial charge on any atom is -0.391 e. The summed E-state index contributed by atoms with van der Waals surface area (Å²) in [6.45, 7) is 6.01. The van der Waals surface area contributed by atoms with Crippen molar-refractivity contribution in [3.05, 3.63) is 0 Å². The van der Waals surface area contributed by atoms with E-state index in [1.165, 1.54) is 0 Å². The van der Waals surface area contributed by atoms with Crippen LogP contribution in [0.1, 0.15) is 52.9 Å². The second kappa shape index (κ2) is 6.18. The van der Waals surface area contributed by atoms with E-state index in [-0.39, 0.29) is 5.91 Å². The van der Waals surface area contributed by atoms with Crippen molar-refractivity contribution in [1.29, 1.82) is 0 Å². The van der Waals surface area contributed by atoms with E-state index >= 15 is 0 Å². The van der Waals surface area contributed by atoms with Gasteiger partial charge in [0.25, 0.3) is 0 Å². The summed E-state index contributed by atoms with van der Waals surface area (Å²) in [5, 5.41) is 3.06. The van der Waals surface area contributed by atoms with E-state index in [0.29, 0.717) is 17.3 Å². The molecule has 0 radical (unpaired) electrons. The number of hydrogen-bond donors (Lipinski definition) is 2. The first-order chi connectivity index (χ1) is 8.71. The molecular weight excluding hydrogens is 260 g/mol. The van der Waals surface area contributed by atoms with Crippen LogP contribution in [0.5, 0.6) is 0 Å². The van der Waals surface area contributed by atoms with Gasteiger partial charge in [0.1, 0.15) is 0 Å². The van der Waals surface area contributed by atoms with E-state index in [1.807, 2.05) is 13.8 Å². The summed E-state index contributed by atoms with van der Waals surface area (Å²) in [6, 6.07) is 0. The second-order valence-electron chi connectivity index (χ2n) is 6.32. The van der Waals surface area contributed by atoms with Gasteiger partial charge in [-0.1, -0.05) is 19.1 Å². The van der Waals surface area contributed by atoms with Gasteiger partial charge in [-0.3, -0.25) is 4.79 Å². The maximum absolute atomic E-state index is 12.2. The highest BCUT2D eigenvalue weighted by atomic mass is 32.1. The van der Waals surface area contributed by atoms with Crippen LogP contribution in [0.2, 0.25) is 0 Å². The van der Waals surface area contributed by atoms with E-state index in [2.05, 4.69) is 12.2 Å². The number of rotatable bonds is 5. The summed E-state index contributed by atoms with van der Waals surface area (Å²) < 4.78 is 5.28. The Bertz CT molecular complexity index is 347. The molecule has 0 aromatic heterocycles. The van der Waals surface area contributed by atoms with Crippen LogP contribution in [0.15, 0.2) is 0 Å². The number of methoxy groups -OCH3 is 1. The quantitative estimate of drug-likeness (QED) is 0.760. The number of hydrogen-bond acceptors (Lipinski definition) is 3. The molecule has 0 spiro atoms. The minimum absolute atomic E-state index is 0.0470. The predicted octanol–water partition coefficient (Wildman–Crippen LogP) is 2.15. The van der Waals surface area contributed by atoms with Gasteiger partial charge in [0.15, 0.2) is 0 Å². The van der Waals surface area contributed by atoms with E-state index in [4.69, 9.17) is 22.7 Å². The minimum atomic E-state index is -0.497. The first-order valence-electron chi connectivity index (χ1n) is 6.87. The number of amides is 1. The molecule has 0 unspecified atom stereocenters. The summed E-state index contributed by atoms with van der Waals surface area (Å²) in [6.07, 6.45) is 4.07. The molecule has 1 rings (SSSR count). The fourth-order valence-corrected chi connectivity index (χ4v) is 2.71. The summed E-state index contributed by atoms with van der Waals surface area (Å²) in [7, 11) is 1.61. The predicted molar refractivity (Wildman–Crippen MR) is 81.0 cm³/mol. The van der Waals surface area contributed by atoms with Crippen molar-refractivity contribution in [3.63, 3.8) is 0 Å². The first-order valence-corrected chi connectivity index (χ1v) is 7.28. The molecule has 1 fully saturated rings. The third-order valence-corrected chi connectivity index (χ3v) is 4.51. The largest absolute Gasteiger partial charge is 0.391 e. The fraction of sp³-hybridized carbons (Fsp3) is 0.857. The first kappa shape index (κ1) is 16.4. The Morgan fingerprint density at radius 2 is 2.00 bits per heavy atom. The maximum atomic E-state index is 12.2. The van der Waals surface area contributed by atoms with Crippen molar-refractivity contribution >= 4 is 23.1 Å². The van der Waals surface area contributed by atoms with Gasteiger partial charge in [-0.15, -0.1) is 0 Å². The van der Waals surface area contributed by atoms with Crippen LogP contribution in [0.25, 0.3) is 0 Å². The third kappa shape index (κ3) is 4.42. The SMILES string of the molecule is COC(C)(C)CC(=O)NC1(C(N)=S)CCC(C)CC1. The van der Waals surface area contributed by atoms with Gasteiger partial charge in [-0.2, -0.15) is 0 Å². The van der Waals surface area contributed by atoms with Gasteiger partial charge in [0.05, 0.1) is 22.5 Å². The number of carbonyl (C=O) groups is 1. The Balaban J connectivity index is 2.70. The molecule has 3 N–H and O–H groups in total. The van der Waals surface area contributed by atoms with E-state index in [9.17, 15) is 4.79 Å². The van der Waals surface area contributed by atoms with Gasteiger partial charge in [0, 0.05) is 7.11 Å². The van der Waals surface area contributed by atoms with Crippen LogP contribution in [0.3, 0.4) is 0 Å². The molecule has 5 heteroatoms. The van der Waals surface area contributed by atoms with Crippen molar-refractivity contribution in [2.75, 3.05) is 7.11 Å². The van der Waals surface area contributed by atoms with Crippen molar-refractivity contribution < 1.29 is 9.53 Å². The molecule has 4 nitrogen and oxygen atoms in total. The van der Waals surface area contributed by atoms with Gasteiger partial charge < -0.3 is 15.8 Å². The smallest absolute Gasteiger partial charge is 0.223 e. The number of nitrogens with one attached hydrogen (secondary N) is 1. The van der Waals surface area contributed by atoms with Crippen LogP contribution in [-0.4, -0.2) is 29.1 Å². The van der Waals surface area contributed by atoms with Gasteiger partial charge >= 0.3 is 0 Å². The molecule has 0 heterocycles. The molecular formula is C14H26N2O2S. The number of ether oxygens (including phenoxy) is 1. The lowest BCUT2D eigenvalue weighted by Gasteiger charge is -2.40. The number of thiocarbonyl (C=S) groups is 1. The molecule has 0 aromatic rings. The molecule has 0 saturated heterocycles. The standard InChI is InChI=1S/C14H26N2O2S/c1-10-5-7-14(8-6-10,12(15)19)16-11(17)9-13(2,3)18-4/h10H,5-9H2,1-4H3,(H2,15,19)(H,16,17). The number of carbonyl (C=O) groups excluding carboxylic acids is 1. The van der Waals surface area contributed by atoms with Crippen molar-refractivity contribution in [2.45, 2.75) is 64.0 Å². The summed E-state index contributed by atoms with van der Waals surface area (Å²) in [5.74, 6) is 0.629. The van der Waals surface area contributed by atoms with Crippen LogP contribution in [-0.2, 0) is 9.53 Å². The topological polar surface area (TPSA) is 64.3 Å². The highest BCUT2D eigenvalue weighted by Gasteiger charge is 2.39. The van der Waals surface area contributed by atoms with Gasteiger partial charge in [-0.25, -0.2) is 0 Å². The van der Waals surface area contributed by atoms with Crippen LogP contribution in [0.4, 0.5) is 0 Å². The maximum Gasteiger partial charge on any atom is 0.223 e. The third-order valence-electron chi connectivity index (χ3n) is 4.12. The molecule has 0 bridgehead atoms. The summed E-state index contributed by atoms with van der Waals surface area (Å²) >= 11 is 5.19. The Morgan fingerprint density at radius 3 is 2.42 bits per heavy atom. The molecule has 0 atom stereocenters. The Hall–Kier alpha value is -0.680. The van der Waals surface area contributed by atoms with Crippen molar-refractivity contribution in [3.8, 4) is 0 Å². The zero-order valence-corrected chi connectivity index (χ0v) is 13.2. The Morgan fingerprint density at radius 1 is 1.47 bits per heavy atom. The molecule has 1 amide bonds. The molecule has 19 heavy (non-hydrogen) atoms. The molecule has 0 aliphatic heterocycles. The average molecular weight is 286 g/mol. The number of nitrogens with two attached hydrogens (primary N) is 1. The van der Waals surface area contributed by atoms with E-state index < -0.39 is 11.1 Å². The molecule has 1 aliphatic carbocycles. The molecule has 0 aromatic carbocycles. The zero-order chi connectivity index (χ0) is 14.7. The lowest BCUT2D eigenvalue weighted by molar-refractivity contribution is -0.127. The Labute approximate surface area is 121 Å². The highest BCUT2D eigenvalue weighted by molar-refractivity contribution is 7.80. The fourth-order valence-electron chi connectivity index (χ4n) is 2.46. The normalized spacial score (nSPS) is 27.9. The second-order valence-corrected chi connectivity index (χ2v) is 6.76. The van der Waals surface area contributed by atoms with Crippen LogP contribution >= 0.6 is 12.2 Å². The summed E-state index contributed by atoms with van der Waals surface area (Å²) in [5.41, 5.74) is 4.91. The summed E-state index contributed by atoms with van der Waals surface area (Å²) in [4.78, 5) is 12.6. The molecule has 110 valence electrons. The zero-order valence-electron chi connectivity index (χ0n) is 12.4. The Kier molecular flexibility index (Phi) is 5.33. The van der Waals surface area contributed by atoms with Gasteiger partial charge in [-0.05, 0) is 45.4 Å². The van der Waals surface area contributed by atoms with Crippen LogP contribution in [0, 0.1) is 5.92 Å². The lowest BCUT2D eigenvalue weighted by atomic mass is 9.77. The van der Waals surface area contributed by atoms with Crippen molar-refractivity contribution in [2.24, 2.45) is 11.7 Å². The van der Waals surface area contributed by atoms with E-state index in [0.717, 1.165) is 25.7 Å². The monoisotopic (exact) mass is 286 g/mol. The molecule has 1 aliphatic rings. The average Bonchev–Trinajstić information content (AvgIpc) is 2.31. The van der Waals surface area contributed by atoms with Gasteiger partial charge in [0.2, 0.25) is 5.91 Å². The highest BCUT2D eigenvalue weighted by Crippen LogP contribution is 2.32. The van der Waals surface area contributed by atoms with Crippen LogP contribution < -0.4 is 11.1 Å².